The van der Waals surface area contributed by atoms with Gasteiger partial charge in [0.15, 0.2) is 0 Å². The molecule has 0 aromatic rings. The first-order chi connectivity index (χ1) is 7.38. The lowest BCUT2D eigenvalue weighted by Gasteiger charge is -2.44. The maximum atomic E-state index is 11.7. The first-order valence-corrected chi connectivity index (χ1v) is 5.91. The van der Waals surface area contributed by atoms with E-state index in [0.29, 0.717) is 25.7 Å². The molecule has 0 unspecified atom stereocenters. The van der Waals surface area contributed by atoms with Crippen molar-refractivity contribution in [2.75, 3.05) is 0 Å². The van der Waals surface area contributed by atoms with Gasteiger partial charge in [-0.1, -0.05) is 27.7 Å². The highest BCUT2D eigenvalue weighted by atomic mass is 16.4. The van der Waals surface area contributed by atoms with E-state index in [4.69, 9.17) is 5.73 Å². The molecule has 94 valence electrons. The molecule has 0 aliphatic heterocycles. The molecule has 0 aromatic carbocycles. The molecule has 0 fully saturated rings. The fourth-order valence-electron chi connectivity index (χ4n) is 2.94. The predicted molar refractivity (Wildman–Crippen MR) is 62.9 cm³/mol. The van der Waals surface area contributed by atoms with Gasteiger partial charge in [0.2, 0.25) is 5.91 Å². The number of rotatable bonds is 7. The third-order valence-corrected chi connectivity index (χ3v) is 4.21. The minimum absolute atomic E-state index is 0.420. The molecule has 0 bridgehead atoms. The highest BCUT2D eigenvalue weighted by Crippen LogP contribution is 2.49. The third-order valence-electron chi connectivity index (χ3n) is 4.21. The maximum Gasteiger partial charge on any atom is 0.310 e. The minimum atomic E-state index is -1.04. The predicted octanol–water partition coefficient (Wildman–Crippen LogP) is 2.17. The van der Waals surface area contributed by atoms with Crippen molar-refractivity contribution < 1.29 is 14.7 Å². The number of primary amides is 1. The molecule has 0 aliphatic carbocycles. The standard InChI is InChI=1S/C12H23NO3/c1-5-11(6-2,9(13)14)12(7-3,8-4)10(15)16/h5-8H2,1-4H3,(H2,13,14)(H,15,16). The molecular weight excluding hydrogens is 206 g/mol. The Labute approximate surface area is 97.2 Å². The number of aliphatic carboxylic acids is 1. The Hall–Kier alpha value is -1.06. The molecular formula is C12H23NO3. The molecule has 0 aromatic heterocycles. The van der Waals surface area contributed by atoms with Crippen LogP contribution in [0.1, 0.15) is 53.4 Å². The molecule has 0 spiro atoms. The van der Waals surface area contributed by atoms with E-state index in [0.717, 1.165) is 0 Å². The van der Waals surface area contributed by atoms with E-state index in [1.807, 2.05) is 13.8 Å². The molecule has 0 saturated heterocycles. The van der Waals surface area contributed by atoms with Crippen LogP contribution >= 0.6 is 0 Å². The summed E-state index contributed by atoms with van der Waals surface area (Å²) < 4.78 is 0. The summed E-state index contributed by atoms with van der Waals surface area (Å²) in [5.41, 5.74) is 3.48. The largest absolute Gasteiger partial charge is 0.481 e. The number of amides is 1. The van der Waals surface area contributed by atoms with Crippen molar-refractivity contribution in [1.29, 1.82) is 0 Å². The van der Waals surface area contributed by atoms with Crippen LogP contribution in [0.25, 0.3) is 0 Å². The van der Waals surface area contributed by atoms with Gasteiger partial charge in [-0.3, -0.25) is 9.59 Å². The van der Waals surface area contributed by atoms with Gasteiger partial charge in [0.1, 0.15) is 0 Å². The summed E-state index contributed by atoms with van der Waals surface area (Å²) in [5, 5.41) is 9.46. The van der Waals surface area contributed by atoms with Gasteiger partial charge in [-0.05, 0) is 25.7 Å². The quantitative estimate of drug-likeness (QED) is 0.702. The van der Waals surface area contributed by atoms with Crippen molar-refractivity contribution in [3.05, 3.63) is 0 Å². The van der Waals surface area contributed by atoms with Gasteiger partial charge >= 0.3 is 5.97 Å². The number of carbonyl (C=O) groups is 2. The molecule has 0 atom stereocenters. The maximum absolute atomic E-state index is 11.7. The topological polar surface area (TPSA) is 80.4 Å². The molecule has 3 N–H and O–H groups in total. The second-order valence-electron chi connectivity index (χ2n) is 4.25. The molecule has 0 radical (unpaired) electrons. The number of carboxylic acids is 1. The highest BCUT2D eigenvalue weighted by molar-refractivity contribution is 5.89. The molecule has 4 heteroatoms. The van der Waals surface area contributed by atoms with Gasteiger partial charge < -0.3 is 10.8 Å². The molecule has 0 saturated carbocycles. The Morgan fingerprint density at radius 1 is 0.938 bits per heavy atom. The molecule has 0 aliphatic rings. The zero-order chi connectivity index (χ0) is 13.0. The van der Waals surface area contributed by atoms with Crippen molar-refractivity contribution in [3.8, 4) is 0 Å². The summed E-state index contributed by atoms with van der Waals surface area (Å²) in [7, 11) is 0. The summed E-state index contributed by atoms with van der Waals surface area (Å²) in [6.07, 6.45) is 1.77. The lowest BCUT2D eigenvalue weighted by Crippen LogP contribution is -2.54. The van der Waals surface area contributed by atoms with Crippen molar-refractivity contribution >= 4 is 11.9 Å². The first kappa shape index (κ1) is 14.9. The molecule has 0 rings (SSSR count). The van der Waals surface area contributed by atoms with Crippen LogP contribution in [0.15, 0.2) is 0 Å². The molecule has 16 heavy (non-hydrogen) atoms. The van der Waals surface area contributed by atoms with Crippen molar-refractivity contribution in [2.45, 2.75) is 53.4 Å². The van der Waals surface area contributed by atoms with Crippen molar-refractivity contribution in [1.82, 2.24) is 0 Å². The Kier molecular flexibility index (Phi) is 4.97. The number of carbonyl (C=O) groups excluding carboxylic acids is 1. The van der Waals surface area contributed by atoms with Gasteiger partial charge in [0, 0.05) is 0 Å². The monoisotopic (exact) mass is 229 g/mol. The van der Waals surface area contributed by atoms with E-state index in [1.165, 1.54) is 0 Å². The summed E-state index contributed by atoms with van der Waals surface area (Å²) in [6, 6.07) is 0. The summed E-state index contributed by atoms with van der Waals surface area (Å²) in [6.45, 7) is 7.27. The van der Waals surface area contributed by atoms with Crippen molar-refractivity contribution in [2.24, 2.45) is 16.6 Å². The van der Waals surface area contributed by atoms with Crippen LogP contribution in [0.5, 0.6) is 0 Å². The van der Waals surface area contributed by atoms with Gasteiger partial charge in [-0.25, -0.2) is 0 Å². The zero-order valence-electron chi connectivity index (χ0n) is 10.7. The van der Waals surface area contributed by atoms with Gasteiger partial charge in [0.25, 0.3) is 0 Å². The van der Waals surface area contributed by atoms with E-state index in [9.17, 15) is 14.7 Å². The number of nitrogens with two attached hydrogens (primary N) is 1. The number of hydrogen-bond donors (Lipinski definition) is 2. The Balaban J connectivity index is 5.78. The Morgan fingerprint density at radius 3 is 1.31 bits per heavy atom. The van der Waals surface area contributed by atoms with Crippen LogP contribution in [0.2, 0.25) is 0 Å². The second kappa shape index (κ2) is 5.32. The van der Waals surface area contributed by atoms with E-state index in [1.54, 1.807) is 13.8 Å². The van der Waals surface area contributed by atoms with E-state index >= 15 is 0 Å². The normalized spacial score (nSPS) is 12.5. The second-order valence-corrected chi connectivity index (χ2v) is 4.25. The number of hydrogen-bond acceptors (Lipinski definition) is 2. The van der Waals surface area contributed by atoms with Crippen LogP contribution in [-0.4, -0.2) is 17.0 Å². The summed E-state index contributed by atoms with van der Waals surface area (Å²) >= 11 is 0. The van der Waals surface area contributed by atoms with Crippen molar-refractivity contribution in [3.63, 3.8) is 0 Å². The SMILES string of the molecule is CCC(CC)(C(N)=O)C(CC)(CC)C(=O)O. The highest BCUT2D eigenvalue weighted by Gasteiger charge is 2.55. The lowest BCUT2D eigenvalue weighted by molar-refractivity contribution is -0.166. The van der Waals surface area contributed by atoms with Crippen LogP contribution in [0, 0.1) is 10.8 Å². The summed E-state index contributed by atoms with van der Waals surface area (Å²) in [4.78, 5) is 23.3. The number of carboxylic acid groups (broad SMARTS) is 1. The lowest BCUT2D eigenvalue weighted by atomic mass is 9.57. The molecule has 1 amide bonds. The van der Waals surface area contributed by atoms with E-state index < -0.39 is 22.7 Å². The average Bonchev–Trinajstić information content (AvgIpc) is 2.25. The summed E-state index contributed by atoms with van der Waals surface area (Å²) in [5.74, 6) is -1.41. The van der Waals surface area contributed by atoms with Crippen LogP contribution in [0.4, 0.5) is 0 Å². The first-order valence-electron chi connectivity index (χ1n) is 5.91. The molecule has 0 heterocycles. The van der Waals surface area contributed by atoms with Gasteiger partial charge in [-0.2, -0.15) is 0 Å². The van der Waals surface area contributed by atoms with E-state index in [-0.39, 0.29) is 0 Å². The molecule has 4 nitrogen and oxygen atoms in total. The Bertz CT molecular complexity index is 237. The fourth-order valence-corrected chi connectivity index (χ4v) is 2.94. The smallest absolute Gasteiger partial charge is 0.310 e. The van der Waals surface area contributed by atoms with Crippen LogP contribution in [-0.2, 0) is 9.59 Å². The van der Waals surface area contributed by atoms with Gasteiger partial charge in [-0.15, -0.1) is 0 Å². The van der Waals surface area contributed by atoms with Crippen LogP contribution in [0.3, 0.4) is 0 Å². The fraction of sp³-hybridized carbons (Fsp3) is 0.833. The average molecular weight is 229 g/mol. The zero-order valence-corrected chi connectivity index (χ0v) is 10.7. The third kappa shape index (κ3) is 1.81. The van der Waals surface area contributed by atoms with Crippen LogP contribution < -0.4 is 5.73 Å². The Morgan fingerprint density at radius 2 is 1.25 bits per heavy atom. The minimum Gasteiger partial charge on any atom is -0.481 e. The van der Waals surface area contributed by atoms with Gasteiger partial charge in [0.05, 0.1) is 10.8 Å². The van der Waals surface area contributed by atoms with E-state index in [2.05, 4.69) is 0 Å².